The summed E-state index contributed by atoms with van der Waals surface area (Å²) in [7, 11) is 0. The van der Waals surface area contributed by atoms with Crippen molar-refractivity contribution in [3.05, 3.63) is 70.1 Å². The van der Waals surface area contributed by atoms with Crippen molar-refractivity contribution in [2.75, 3.05) is 11.9 Å². The van der Waals surface area contributed by atoms with Crippen molar-refractivity contribution >= 4 is 43.8 Å². The molecule has 4 nitrogen and oxygen atoms in total. The molecule has 0 radical (unpaired) electrons. The van der Waals surface area contributed by atoms with E-state index in [1.165, 1.54) is 29.0 Å². The molecule has 176 valence electrons. The third-order valence-electron chi connectivity index (χ3n) is 6.00. The minimum absolute atomic E-state index is 0.0275. The number of nitrogens with one attached hydrogen (secondary N) is 1. The van der Waals surface area contributed by atoms with E-state index in [9.17, 15) is 18.0 Å². The summed E-state index contributed by atoms with van der Waals surface area (Å²) in [6.45, 7) is 5.99. The molecule has 0 aliphatic carbocycles. The van der Waals surface area contributed by atoms with E-state index in [4.69, 9.17) is 4.98 Å². The molecule has 1 aliphatic heterocycles. The zero-order valence-electron chi connectivity index (χ0n) is 18.6. The van der Waals surface area contributed by atoms with Gasteiger partial charge in [0.2, 0.25) is 0 Å². The van der Waals surface area contributed by atoms with Crippen molar-refractivity contribution in [1.29, 1.82) is 0 Å². The summed E-state index contributed by atoms with van der Waals surface area (Å²) in [5, 5.41) is 4.36. The number of benzene rings is 2. The zero-order chi connectivity index (χ0) is 24.0. The van der Waals surface area contributed by atoms with Crippen LogP contribution < -0.4 is 5.32 Å². The van der Waals surface area contributed by atoms with Gasteiger partial charge < -0.3 is 5.32 Å². The van der Waals surface area contributed by atoms with Gasteiger partial charge in [0.05, 0.1) is 15.8 Å². The molecule has 2 aromatic heterocycles. The number of fused-ring (bicyclic) bond motifs is 2. The van der Waals surface area contributed by atoms with Crippen LogP contribution in [0.4, 0.5) is 18.2 Å². The summed E-state index contributed by atoms with van der Waals surface area (Å²) in [5.74, 6) is -0.562. The normalized spacial score (nSPS) is 14.5. The molecule has 0 unspecified atom stereocenters. The highest BCUT2D eigenvalue weighted by Gasteiger charge is 2.32. The Bertz CT molecular complexity index is 1340. The van der Waals surface area contributed by atoms with Gasteiger partial charge in [0, 0.05) is 35.1 Å². The van der Waals surface area contributed by atoms with E-state index in [-0.39, 0.29) is 5.56 Å². The molecule has 0 fully saturated rings. The van der Waals surface area contributed by atoms with Crippen LogP contribution in [-0.4, -0.2) is 28.4 Å². The number of carbonyl (C=O) groups excluding carboxylic acids is 1. The number of nitrogens with zero attached hydrogens (tertiary/aromatic N) is 2. The van der Waals surface area contributed by atoms with Crippen molar-refractivity contribution in [3.8, 4) is 10.6 Å². The number of hydrogen-bond acceptors (Lipinski definition) is 5. The number of carbonyl (C=O) groups is 1. The molecule has 9 heteroatoms. The van der Waals surface area contributed by atoms with E-state index in [1.807, 2.05) is 24.3 Å². The fourth-order valence-corrected chi connectivity index (χ4v) is 6.55. The molecule has 2 aromatic carbocycles. The van der Waals surface area contributed by atoms with Crippen LogP contribution in [0.3, 0.4) is 0 Å². The average molecular weight is 502 g/mol. The summed E-state index contributed by atoms with van der Waals surface area (Å²) in [6.07, 6.45) is -3.68. The number of halogens is 3. The smallest absolute Gasteiger partial charge is 0.313 e. The minimum atomic E-state index is -4.51. The number of aromatic nitrogens is 1. The molecule has 0 saturated carbocycles. The first-order valence-corrected chi connectivity index (χ1v) is 12.6. The Hall–Kier alpha value is -2.75. The van der Waals surface area contributed by atoms with E-state index in [2.05, 4.69) is 24.1 Å². The van der Waals surface area contributed by atoms with Crippen LogP contribution in [0.25, 0.3) is 20.8 Å². The molecular formula is C25H22F3N3OS2. The van der Waals surface area contributed by atoms with E-state index in [1.54, 1.807) is 11.3 Å². The topological polar surface area (TPSA) is 45.2 Å². The monoisotopic (exact) mass is 501 g/mol. The fraction of sp³-hybridized carbons (Fsp3) is 0.280. The summed E-state index contributed by atoms with van der Waals surface area (Å²) < 4.78 is 40.5. The van der Waals surface area contributed by atoms with Gasteiger partial charge >= 0.3 is 6.18 Å². The second-order valence-corrected chi connectivity index (χ2v) is 10.7. The summed E-state index contributed by atoms with van der Waals surface area (Å²) >= 11 is 3.05. The van der Waals surface area contributed by atoms with Crippen LogP contribution in [0.1, 0.15) is 40.2 Å². The Balaban J connectivity index is 1.56. The van der Waals surface area contributed by atoms with Gasteiger partial charge in [-0.15, -0.1) is 22.7 Å². The van der Waals surface area contributed by atoms with Gasteiger partial charge in [0.1, 0.15) is 10.0 Å². The number of anilines is 1. The molecule has 0 saturated heterocycles. The molecule has 5 rings (SSSR count). The number of amides is 1. The third kappa shape index (κ3) is 4.35. The number of thiophene rings is 1. The van der Waals surface area contributed by atoms with Crippen LogP contribution in [0.15, 0.2) is 48.5 Å². The predicted octanol–water partition coefficient (Wildman–Crippen LogP) is 7.06. The Morgan fingerprint density at radius 3 is 2.65 bits per heavy atom. The van der Waals surface area contributed by atoms with Gasteiger partial charge in [0.15, 0.2) is 0 Å². The van der Waals surface area contributed by atoms with Crippen LogP contribution in [-0.2, 0) is 19.1 Å². The number of rotatable bonds is 4. The van der Waals surface area contributed by atoms with Gasteiger partial charge in [-0.3, -0.25) is 9.69 Å². The molecule has 0 atom stereocenters. The maximum absolute atomic E-state index is 13.2. The average Bonchev–Trinajstić information content (AvgIpc) is 3.38. The second kappa shape index (κ2) is 8.79. The molecule has 1 N–H and O–H groups in total. The number of para-hydroxylation sites is 1. The van der Waals surface area contributed by atoms with Gasteiger partial charge in [-0.1, -0.05) is 18.2 Å². The summed E-state index contributed by atoms with van der Waals surface area (Å²) in [5.41, 5.74) is 2.08. The van der Waals surface area contributed by atoms with Gasteiger partial charge in [0.25, 0.3) is 5.91 Å². The van der Waals surface area contributed by atoms with Crippen molar-refractivity contribution in [1.82, 2.24) is 9.88 Å². The Kier molecular flexibility index (Phi) is 5.95. The lowest BCUT2D eigenvalue weighted by molar-refractivity contribution is -0.137. The Morgan fingerprint density at radius 2 is 1.91 bits per heavy atom. The molecule has 0 bridgehead atoms. The summed E-state index contributed by atoms with van der Waals surface area (Å²) in [4.78, 5) is 21.4. The fourth-order valence-electron chi connectivity index (χ4n) is 4.17. The number of thiazole rings is 1. The van der Waals surface area contributed by atoms with Crippen LogP contribution in [0.2, 0.25) is 0 Å². The lowest BCUT2D eigenvalue weighted by atomic mass is 10.0. The van der Waals surface area contributed by atoms with E-state index in [0.717, 1.165) is 57.3 Å². The molecular weight excluding hydrogens is 479 g/mol. The van der Waals surface area contributed by atoms with E-state index >= 15 is 0 Å². The third-order valence-corrected chi connectivity index (χ3v) is 8.19. The highest BCUT2D eigenvalue weighted by Crippen LogP contribution is 2.46. The van der Waals surface area contributed by atoms with Gasteiger partial charge in [-0.25, -0.2) is 4.98 Å². The molecule has 34 heavy (non-hydrogen) atoms. The standard InChI is InChI=1S/C25H22F3N3OS2/c1-14(2)31-11-10-17-20(13-31)34-24(21(17)23-29-18-8-3-4-9-19(18)33-23)30-22(32)15-6-5-7-16(12-15)25(26,27)28/h3-9,12,14H,10-11,13H2,1-2H3,(H,30,32). The first kappa shape index (κ1) is 23.0. The maximum Gasteiger partial charge on any atom is 0.416 e. The zero-order valence-corrected chi connectivity index (χ0v) is 20.2. The van der Waals surface area contributed by atoms with Gasteiger partial charge in [-0.2, -0.15) is 13.2 Å². The Labute approximate surface area is 203 Å². The van der Waals surface area contributed by atoms with Crippen molar-refractivity contribution in [3.63, 3.8) is 0 Å². The second-order valence-electron chi connectivity index (χ2n) is 8.54. The lowest BCUT2D eigenvalue weighted by Crippen LogP contribution is -2.35. The predicted molar refractivity (Wildman–Crippen MR) is 132 cm³/mol. The molecule has 3 heterocycles. The minimum Gasteiger partial charge on any atom is -0.313 e. The molecule has 0 spiro atoms. The molecule has 1 aliphatic rings. The molecule has 4 aromatic rings. The van der Waals surface area contributed by atoms with E-state index in [0.29, 0.717) is 11.0 Å². The van der Waals surface area contributed by atoms with Crippen molar-refractivity contribution < 1.29 is 18.0 Å². The van der Waals surface area contributed by atoms with Gasteiger partial charge in [-0.05, 0) is 56.2 Å². The number of alkyl halides is 3. The first-order valence-electron chi connectivity index (χ1n) is 10.9. The largest absolute Gasteiger partial charge is 0.416 e. The highest BCUT2D eigenvalue weighted by atomic mass is 32.1. The number of hydrogen-bond donors (Lipinski definition) is 1. The van der Waals surface area contributed by atoms with Crippen molar-refractivity contribution in [2.24, 2.45) is 0 Å². The molecule has 1 amide bonds. The summed E-state index contributed by atoms with van der Waals surface area (Å²) in [6, 6.07) is 12.8. The van der Waals surface area contributed by atoms with E-state index < -0.39 is 17.6 Å². The quantitative estimate of drug-likeness (QED) is 0.326. The Morgan fingerprint density at radius 1 is 1.12 bits per heavy atom. The first-order chi connectivity index (χ1) is 16.2. The van der Waals surface area contributed by atoms with Crippen LogP contribution in [0.5, 0.6) is 0 Å². The van der Waals surface area contributed by atoms with Crippen LogP contribution in [0, 0.1) is 0 Å². The SMILES string of the molecule is CC(C)N1CCc2c(sc(NC(=O)c3cccc(C(F)(F)F)c3)c2-c2nc3ccccc3s2)C1. The maximum atomic E-state index is 13.2. The van der Waals surface area contributed by atoms with Crippen LogP contribution >= 0.6 is 22.7 Å². The van der Waals surface area contributed by atoms with Crippen molar-refractivity contribution in [2.45, 2.75) is 39.0 Å². The lowest BCUT2D eigenvalue weighted by Gasteiger charge is -2.30. The highest BCUT2D eigenvalue weighted by molar-refractivity contribution is 7.23.